The predicted molar refractivity (Wildman–Crippen MR) is 75.6 cm³/mol. The van der Waals surface area contributed by atoms with Gasteiger partial charge in [0.05, 0.1) is 5.56 Å². The SMILES string of the molecule is CC.Cc1ccc(C(=O)Nc2n[nH]c(=S)s2)cn1. The molecule has 0 bridgehead atoms. The average Bonchev–Trinajstić information content (AvgIpc) is 2.78. The molecular formula is C11H14N4OS2. The van der Waals surface area contributed by atoms with Gasteiger partial charge in [-0.05, 0) is 31.3 Å². The van der Waals surface area contributed by atoms with Crippen molar-refractivity contribution in [2.75, 3.05) is 5.32 Å². The van der Waals surface area contributed by atoms with Gasteiger partial charge >= 0.3 is 0 Å². The Morgan fingerprint density at radius 2 is 2.17 bits per heavy atom. The van der Waals surface area contributed by atoms with Gasteiger partial charge in [0, 0.05) is 11.9 Å². The Morgan fingerprint density at radius 3 is 2.67 bits per heavy atom. The molecule has 2 aromatic rings. The van der Waals surface area contributed by atoms with Gasteiger partial charge < -0.3 is 0 Å². The molecule has 7 heteroatoms. The van der Waals surface area contributed by atoms with Crippen molar-refractivity contribution in [2.45, 2.75) is 20.8 Å². The fraction of sp³-hybridized carbons (Fsp3) is 0.273. The largest absolute Gasteiger partial charge is 0.296 e. The lowest BCUT2D eigenvalue weighted by molar-refractivity contribution is 0.102. The maximum atomic E-state index is 11.7. The number of pyridine rings is 1. The lowest BCUT2D eigenvalue weighted by Gasteiger charge is -2.00. The number of carbonyl (C=O) groups excluding carboxylic acids is 1. The van der Waals surface area contributed by atoms with E-state index in [1.54, 1.807) is 12.1 Å². The van der Waals surface area contributed by atoms with E-state index in [1.165, 1.54) is 17.5 Å². The van der Waals surface area contributed by atoms with Gasteiger partial charge in [0.1, 0.15) is 0 Å². The standard InChI is InChI=1S/C9H8N4OS2.C2H6/c1-5-2-3-6(4-10-5)7(14)11-8-12-13-9(15)16-8;1-2/h2-4H,1H3,(H,13,15)(H,11,12,14);1-2H3. The number of rotatable bonds is 2. The molecule has 0 radical (unpaired) electrons. The van der Waals surface area contributed by atoms with E-state index < -0.39 is 0 Å². The zero-order chi connectivity index (χ0) is 13.5. The Kier molecular flexibility index (Phi) is 5.60. The van der Waals surface area contributed by atoms with Gasteiger partial charge in [0.2, 0.25) is 5.13 Å². The number of carbonyl (C=O) groups is 1. The summed E-state index contributed by atoms with van der Waals surface area (Å²) >= 11 is 6.07. The molecule has 18 heavy (non-hydrogen) atoms. The van der Waals surface area contributed by atoms with Crippen molar-refractivity contribution >= 4 is 34.6 Å². The van der Waals surface area contributed by atoms with Crippen LogP contribution in [-0.4, -0.2) is 21.1 Å². The van der Waals surface area contributed by atoms with E-state index in [-0.39, 0.29) is 5.91 Å². The Labute approximate surface area is 114 Å². The molecule has 0 unspecified atom stereocenters. The summed E-state index contributed by atoms with van der Waals surface area (Å²) in [7, 11) is 0. The number of anilines is 1. The van der Waals surface area contributed by atoms with Gasteiger partial charge in [-0.2, -0.15) is 0 Å². The van der Waals surface area contributed by atoms with Crippen molar-refractivity contribution in [3.63, 3.8) is 0 Å². The zero-order valence-corrected chi connectivity index (χ0v) is 12.0. The quantitative estimate of drug-likeness (QED) is 0.830. The number of hydrogen-bond acceptors (Lipinski definition) is 5. The van der Waals surface area contributed by atoms with Crippen molar-refractivity contribution in [1.29, 1.82) is 0 Å². The second-order valence-electron chi connectivity index (χ2n) is 3.06. The van der Waals surface area contributed by atoms with E-state index in [2.05, 4.69) is 20.5 Å². The number of aromatic amines is 1. The highest BCUT2D eigenvalue weighted by molar-refractivity contribution is 7.73. The molecule has 0 aliphatic carbocycles. The average molecular weight is 282 g/mol. The van der Waals surface area contributed by atoms with Crippen molar-refractivity contribution in [3.05, 3.63) is 33.5 Å². The van der Waals surface area contributed by atoms with E-state index in [9.17, 15) is 4.79 Å². The van der Waals surface area contributed by atoms with Gasteiger partial charge in [-0.1, -0.05) is 25.2 Å². The molecule has 0 saturated carbocycles. The first kappa shape index (κ1) is 14.5. The number of aryl methyl sites for hydroxylation is 1. The molecule has 0 aliphatic heterocycles. The lowest BCUT2D eigenvalue weighted by atomic mass is 10.2. The number of nitrogens with zero attached hydrogens (tertiary/aromatic N) is 2. The number of amides is 1. The van der Waals surface area contributed by atoms with Crippen LogP contribution in [0.2, 0.25) is 0 Å². The summed E-state index contributed by atoms with van der Waals surface area (Å²) in [4.78, 5) is 15.7. The van der Waals surface area contributed by atoms with Crippen LogP contribution in [0.5, 0.6) is 0 Å². The number of nitrogens with one attached hydrogen (secondary N) is 2. The molecule has 0 fully saturated rings. The molecule has 0 saturated heterocycles. The van der Waals surface area contributed by atoms with Gasteiger partial charge in [0.15, 0.2) is 3.95 Å². The first-order valence-electron chi connectivity index (χ1n) is 5.44. The van der Waals surface area contributed by atoms with E-state index >= 15 is 0 Å². The monoisotopic (exact) mass is 282 g/mol. The summed E-state index contributed by atoms with van der Waals surface area (Å²) < 4.78 is 0.525. The van der Waals surface area contributed by atoms with Crippen LogP contribution in [0.1, 0.15) is 29.9 Å². The van der Waals surface area contributed by atoms with Gasteiger partial charge in [0.25, 0.3) is 5.91 Å². The number of hydrogen-bond donors (Lipinski definition) is 2. The second kappa shape index (κ2) is 6.97. The summed E-state index contributed by atoms with van der Waals surface area (Å²) in [6.45, 7) is 5.86. The highest BCUT2D eigenvalue weighted by atomic mass is 32.1. The Morgan fingerprint density at radius 1 is 1.44 bits per heavy atom. The highest BCUT2D eigenvalue weighted by Crippen LogP contribution is 2.12. The topological polar surface area (TPSA) is 70.7 Å². The van der Waals surface area contributed by atoms with Crippen molar-refractivity contribution < 1.29 is 4.79 Å². The third kappa shape index (κ3) is 4.01. The van der Waals surface area contributed by atoms with Crippen LogP contribution in [0.3, 0.4) is 0 Å². The molecule has 0 spiro atoms. The molecule has 2 rings (SSSR count). The minimum atomic E-state index is -0.245. The van der Waals surface area contributed by atoms with E-state index in [1.807, 2.05) is 20.8 Å². The van der Waals surface area contributed by atoms with E-state index in [4.69, 9.17) is 12.2 Å². The first-order chi connectivity index (χ1) is 8.65. The minimum Gasteiger partial charge on any atom is -0.296 e. The van der Waals surface area contributed by atoms with Gasteiger partial charge in [-0.25, -0.2) is 0 Å². The maximum absolute atomic E-state index is 11.7. The van der Waals surface area contributed by atoms with Crippen LogP contribution < -0.4 is 5.32 Å². The van der Waals surface area contributed by atoms with Crippen LogP contribution in [0.4, 0.5) is 5.13 Å². The molecule has 96 valence electrons. The number of H-pyrrole nitrogens is 1. The fourth-order valence-electron chi connectivity index (χ4n) is 1.05. The van der Waals surface area contributed by atoms with Crippen molar-refractivity contribution in [1.82, 2.24) is 15.2 Å². The molecule has 0 atom stereocenters. The van der Waals surface area contributed by atoms with E-state index in [0.717, 1.165) is 5.69 Å². The third-order valence-electron chi connectivity index (χ3n) is 1.83. The lowest BCUT2D eigenvalue weighted by Crippen LogP contribution is -2.12. The highest BCUT2D eigenvalue weighted by Gasteiger charge is 2.07. The Hall–Kier alpha value is -1.60. The van der Waals surface area contributed by atoms with Crippen molar-refractivity contribution in [2.24, 2.45) is 0 Å². The molecule has 5 nitrogen and oxygen atoms in total. The zero-order valence-electron chi connectivity index (χ0n) is 10.4. The second-order valence-corrected chi connectivity index (χ2v) is 4.73. The van der Waals surface area contributed by atoms with Gasteiger partial charge in [-0.15, -0.1) is 5.10 Å². The minimum absolute atomic E-state index is 0.245. The summed E-state index contributed by atoms with van der Waals surface area (Å²) in [5.41, 5.74) is 1.36. The van der Waals surface area contributed by atoms with Crippen LogP contribution >= 0.6 is 23.6 Å². The summed E-state index contributed by atoms with van der Waals surface area (Å²) in [6.07, 6.45) is 1.52. The Balaban J connectivity index is 0.000000771. The van der Waals surface area contributed by atoms with Crippen LogP contribution in [-0.2, 0) is 0 Å². The fourth-order valence-corrected chi connectivity index (χ4v) is 1.84. The molecule has 2 N–H and O–H groups in total. The first-order valence-corrected chi connectivity index (χ1v) is 6.67. The normalized spacial score (nSPS) is 9.28. The molecule has 2 heterocycles. The molecule has 1 amide bonds. The van der Waals surface area contributed by atoms with Crippen LogP contribution in [0.15, 0.2) is 18.3 Å². The smallest absolute Gasteiger partial charge is 0.259 e. The molecule has 0 aromatic carbocycles. The summed E-state index contributed by atoms with van der Waals surface area (Å²) in [5.74, 6) is -0.245. The number of aromatic nitrogens is 3. The van der Waals surface area contributed by atoms with Crippen LogP contribution in [0.25, 0.3) is 0 Å². The summed E-state index contributed by atoms with van der Waals surface area (Å²) in [5, 5.41) is 9.51. The Bertz CT molecular complexity index is 559. The summed E-state index contributed by atoms with van der Waals surface area (Å²) in [6, 6.07) is 3.49. The molecular weight excluding hydrogens is 268 g/mol. The maximum Gasteiger partial charge on any atom is 0.259 e. The van der Waals surface area contributed by atoms with Gasteiger partial charge in [-0.3, -0.25) is 20.2 Å². The third-order valence-corrected chi connectivity index (χ3v) is 2.84. The predicted octanol–water partition coefficient (Wildman–Crippen LogP) is 3.18. The van der Waals surface area contributed by atoms with Crippen LogP contribution in [0, 0.1) is 10.9 Å². The van der Waals surface area contributed by atoms with Crippen molar-refractivity contribution in [3.8, 4) is 0 Å². The molecule has 0 aliphatic rings. The van der Waals surface area contributed by atoms with E-state index in [0.29, 0.717) is 14.6 Å². The molecule has 2 aromatic heterocycles.